The van der Waals surface area contributed by atoms with Gasteiger partial charge in [-0.15, -0.1) is 22.7 Å². The summed E-state index contributed by atoms with van der Waals surface area (Å²) in [6.07, 6.45) is 1.44. The monoisotopic (exact) mass is 480 g/mol. The SMILES string of the molecule is COC(=O)c1c(NC(=O)CCCCC(=O)Nc2sc(C)c(C)c2C(=O)OC)sc(C)c1C. The number of aryl methyl sites for hydroxylation is 2. The highest BCUT2D eigenvalue weighted by Crippen LogP contribution is 2.34. The van der Waals surface area contributed by atoms with Crippen molar-refractivity contribution in [3.8, 4) is 0 Å². The Bertz CT molecular complexity index is 956. The molecule has 0 saturated carbocycles. The molecule has 0 spiro atoms. The molecule has 0 fully saturated rings. The van der Waals surface area contributed by atoms with Crippen LogP contribution in [0.25, 0.3) is 0 Å². The highest BCUT2D eigenvalue weighted by atomic mass is 32.1. The van der Waals surface area contributed by atoms with E-state index in [0.29, 0.717) is 34.0 Å². The molecule has 2 rings (SSSR count). The van der Waals surface area contributed by atoms with Crippen molar-refractivity contribution in [1.29, 1.82) is 0 Å². The fourth-order valence-corrected chi connectivity index (χ4v) is 5.20. The van der Waals surface area contributed by atoms with Gasteiger partial charge in [0.25, 0.3) is 0 Å². The van der Waals surface area contributed by atoms with Crippen molar-refractivity contribution in [1.82, 2.24) is 0 Å². The number of unbranched alkanes of at least 4 members (excludes halogenated alkanes) is 1. The zero-order valence-corrected chi connectivity index (χ0v) is 20.7. The van der Waals surface area contributed by atoms with E-state index in [-0.39, 0.29) is 24.7 Å². The molecule has 0 aliphatic heterocycles. The molecule has 2 heterocycles. The highest BCUT2D eigenvalue weighted by Gasteiger charge is 2.22. The van der Waals surface area contributed by atoms with Gasteiger partial charge in [0.05, 0.1) is 25.3 Å². The molecular weight excluding hydrogens is 452 g/mol. The predicted molar refractivity (Wildman–Crippen MR) is 126 cm³/mol. The van der Waals surface area contributed by atoms with Gasteiger partial charge in [0.2, 0.25) is 11.8 Å². The van der Waals surface area contributed by atoms with Gasteiger partial charge in [0.1, 0.15) is 10.0 Å². The summed E-state index contributed by atoms with van der Waals surface area (Å²) in [6.45, 7) is 7.38. The van der Waals surface area contributed by atoms with Gasteiger partial charge in [0.15, 0.2) is 0 Å². The van der Waals surface area contributed by atoms with E-state index in [9.17, 15) is 19.2 Å². The Balaban J connectivity index is 1.86. The van der Waals surface area contributed by atoms with E-state index in [1.807, 2.05) is 27.7 Å². The van der Waals surface area contributed by atoms with Crippen molar-refractivity contribution >= 4 is 56.4 Å². The molecule has 8 nitrogen and oxygen atoms in total. The number of hydrogen-bond donors (Lipinski definition) is 2. The van der Waals surface area contributed by atoms with E-state index in [0.717, 1.165) is 20.9 Å². The number of rotatable bonds is 9. The van der Waals surface area contributed by atoms with E-state index < -0.39 is 11.9 Å². The summed E-state index contributed by atoms with van der Waals surface area (Å²) in [4.78, 5) is 50.5. The van der Waals surface area contributed by atoms with Gasteiger partial charge in [-0.1, -0.05) is 0 Å². The van der Waals surface area contributed by atoms with E-state index in [1.54, 1.807) is 0 Å². The average molecular weight is 481 g/mol. The Hall–Kier alpha value is -2.72. The van der Waals surface area contributed by atoms with Crippen molar-refractivity contribution in [3.05, 3.63) is 32.0 Å². The van der Waals surface area contributed by atoms with Crippen LogP contribution < -0.4 is 10.6 Å². The first kappa shape index (κ1) is 25.5. The molecule has 10 heteroatoms. The van der Waals surface area contributed by atoms with Gasteiger partial charge in [-0.2, -0.15) is 0 Å². The summed E-state index contributed by atoms with van der Waals surface area (Å²) in [5.41, 5.74) is 2.34. The van der Waals surface area contributed by atoms with Gasteiger partial charge >= 0.3 is 11.9 Å². The van der Waals surface area contributed by atoms with Crippen LogP contribution in [0.15, 0.2) is 0 Å². The molecule has 0 radical (unpaired) electrons. The summed E-state index contributed by atoms with van der Waals surface area (Å²) in [5.74, 6) is -1.42. The Morgan fingerprint density at radius 2 is 1.03 bits per heavy atom. The summed E-state index contributed by atoms with van der Waals surface area (Å²) < 4.78 is 9.62. The Morgan fingerprint density at radius 1 is 0.688 bits per heavy atom. The first-order valence-corrected chi connectivity index (χ1v) is 11.7. The van der Waals surface area contributed by atoms with Gasteiger partial charge in [-0.3, -0.25) is 9.59 Å². The van der Waals surface area contributed by atoms with Gasteiger partial charge in [0, 0.05) is 22.6 Å². The third-order valence-electron chi connectivity index (χ3n) is 5.11. The fraction of sp³-hybridized carbons (Fsp3) is 0.455. The number of ether oxygens (including phenoxy) is 2. The molecular formula is C22H28N2O6S2. The highest BCUT2D eigenvalue weighted by molar-refractivity contribution is 7.17. The van der Waals surface area contributed by atoms with Crippen LogP contribution in [-0.2, 0) is 19.1 Å². The molecule has 0 saturated heterocycles. The molecule has 0 bridgehead atoms. The van der Waals surface area contributed by atoms with Crippen LogP contribution in [-0.4, -0.2) is 38.0 Å². The number of anilines is 2. The van der Waals surface area contributed by atoms with Crippen LogP contribution in [0.2, 0.25) is 0 Å². The summed E-state index contributed by atoms with van der Waals surface area (Å²) in [7, 11) is 2.61. The summed E-state index contributed by atoms with van der Waals surface area (Å²) in [6, 6.07) is 0. The lowest BCUT2D eigenvalue weighted by molar-refractivity contribution is -0.118. The molecule has 2 amide bonds. The van der Waals surface area contributed by atoms with Crippen molar-refractivity contribution < 1.29 is 28.7 Å². The van der Waals surface area contributed by atoms with Crippen LogP contribution in [0.5, 0.6) is 0 Å². The Labute approximate surface area is 195 Å². The van der Waals surface area contributed by atoms with Gasteiger partial charge in [-0.25, -0.2) is 9.59 Å². The molecule has 0 aliphatic rings. The number of hydrogen-bond acceptors (Lipinski definition) is 8. The normalized spacial score (nSPS) is 10.6. The largest absolute Gasteiger partial charge is 0.465 e. The molecule has 0 aromatic carbocycles. The second kappa shape index (κ2) is 11.2. The van der Waals surface area contributed by atoms with E-state index in [4.69, 9.17) is 9.47 Å². The Morgan fingerprint density at radius 3 is 1.34 bits per heavy atom. The summed E-state index contributed by atoms with van der Waals surface area (Å²) >= 11 is 2.67. The lowest BCUT2D eigenvalue weighted by atomic mass is 10.1. The Kier molecular flexibility index (Phi) is 8.97. The van der Waals surface area contributed by atoms with Crippen LogP contribution in [0, 0.1) is 27.7 Å². The van der Waals surface area contributed by atoms with E-state index >= 15 is 0 Å². The number of methoxy groups -OCH3 is 2. The van der Waals surface area contributed by atoms with E-state index in [1.165, 1.54) is 36.9 Å². The van der Waals surface area contributed by atoms with Crippen molar-refractivity contribution in [2.75, 3.05) is 24.9 Å². The number of carbonyl (C=O) groups is 4. The number of thiophene rings is 2. The molecule has 0 aliphatic carbocycles. The zero-order chi connectivity index (χ0) is 24.0. The third-order valence-corrected chi connectivity index (χ3v) is 7.36. The van der Waals surface area contributed by atoms with Crippen LogP contribution >= 0.6 is 22.7 Å². The number of esters is 2. The molecule has 32 heavy (non-hydrogen) atoms. The number of carbonyl (C=O) groups excluding carboxylic acids is 4. The molecule has 174 valence electrons. The standard InChI is InChI=1S/C22H28N2O6S2/c1-11-13(3)31-19(17(11)21(27)29-5)23-15(25)9-7-8-10-16(26)24-20-18(22(28)30-6)12(2)14(4)32-20/h7-10H2,1-6H3,(H,23,25)(H,24,26). The lowest BCUT2D eigenvalue weighted by Gasteiger charge is -2.07. The summed E-state index contributed by atoms with van der Waals surface area (Å²) in [5, 5.41) is 6.52. The maximum absolute atomic E-state index is 12.3. The van der Waals surface area contributed by atoms with Crippen molar-refractivity contribution in [3.63, 3.8) is 0 Å². The second-order valence-electron chi connectivity index (χ2n) is 7.26. The van der Waals surface area contributed by atoms with Gasteiger partial charge < -0.3 is 20.1 Å². The lowest BCUT2D eigenvalue weighted by Crippen LogP contribution is -2.15. The van der Waals surface area contributed by atoms with Gasteiger partial charge in [-0.05, 0) is 51.7 Å². The van der Waals surface area contributed by atoms with Crippen LogP contribution in [0.1, 0.15) is 67.3 Å². The minimum absolute atomic E-state index is 0.217. The first-order chi connectivity index (χ1) is 15.1. The average Bonchev–Trinajstić information content (AvgIpc) is 3.18. The fourth-order valence-electron chi connectivity index (χ4n) is 3.08. The minimum Gasteiger partial charge on any atom is -0.465 e. The predicted octanol–water partition coefficient (Wildman–Crippen LogP) is 4.75. The number of nitrogens with one attached hydrogen (secondary N) is 2. The molecule has 0 unspecified atom stereocenters. The smallest absolute Gasteiger partial charge is 0.341 e. The maximum atomic E-state index is 12.3. The molecule has 2 aromatic rings. The van der Waals surface area contributed by atoms with Crippen LogP contribution in [0.3, 0.4) is 0 Å². The van der Waals surface area contributed by atoms with Crippen molar-refractivity contribution in [2.45, 2.75) is 53.4 Å². The minimum atomic E-state index is -0.482. The quantitative estimate of drug-likeness (QED) is 0.396. The van der Waals surface area contributed by atoms with E-state index in [2.05, 4.69) is 10.6 Å². The maximum Gasteiger partial charge on any atom is 0.341 e. The van der Waals surface area contributed by atoms with Crippen molar-refractivity contribution in [2.24, 2.45) is 0 Å². The third kappa shape index (κ3) is 5.95. The topological polar surface area (TPSA) is 111 Å². The first-order valence-electron chi connectivity index (χ1n) is 10.1. The number of amides is 2. The zero-order valence-electron chi connectivity index (χ0n) is 19.1. The molecule has 2 N–H and O–H groups in total. The second-order valence-corrected chi connectivity index (χ2v) is 9.71. The molecule has 2 aromatic heterocycles. The van der Waals surface area contributed by atoms with Crippen LogP contribution in [0.4, 0.5) is 10.0 Å². The molecule has 0 atom stereocenters.